The van der Waals surface area contributed by atoms with Crippen LogP contribution in [0.3, 0.4) is 0 Å². The summed E-state index contributed by atoms with van der Waals surface area (Å²) >= 11 is 0. The van der Waals surface area contributed by atoms with Crippen molar-refractivity contribution in [2.45, 2.75) is 38.5 Å². The summed E-state index contributed by atoms with van der Waals surface area (Å²) in [6.45, 7) is 0.884. The Morgan fingerprint density at radius 2 is 2.06 bits per heavy atom. The summed E-state index contributed by atoms with van der Waals surface area (Å²) in [5, 5.41) is 3.30. The van der Waals surface area contributed by atoms with Crippen molar-refractivity contribution in [1.29, 1.82) is 0 Å². The highest BCUT2D eigenvalue weighted by Crippen LogP contribution is 2.46. The van der Waals surface area contributed by atoms with Gasteiger partial charge in [0, 0.05) is 12.3 Å². The van der Waals surface area contributed by atoms with Crippen LogP contribution in [0.15, 0.2) is 0 Å². The lowest BCUT2D eigenvalue weighted by atomic mass is 9.91. The molecule has 0 heterocycles. The topological polar surface area (TPSA) is 49.3 Å². The zero-order chi connectivity index (χ0) is 12.6. The quantitative estimate of drug-likeness (QED) is 0.529. The molecule has 2 N–H and O–H groups in total. The second-order valence-electron chi connectivity index (χ2n) is 4.81. The second kappa shape index (κ2) is 9.36. The maximum absolute atomic E-state index is 12.0. The van der Waals surface area contributed by atoms with Gasteiger partial charge in [0.2, 0.25) is 7.37 Å². The molecule has 1 fully saturated rings. The molecule has 0 bridgehead atoms. The Morgan fingerprint density at radius 3 is 2.71 bits per heavy atom. The van der Waals surface area contributed by atoms with Crippen LogP contribution in [-0.4, -0.2) is 23.8 Å². The van der Waals surface area contributed by atoms with Crippen molar-refractivity contribution >= 4 is 32.7 Å². The van der Waals surface area contributed by atoms with Gasteiger partial charge in [-0.1, -0.05) is 27.2 Å². The van der Waals surface area contributed by atoms with E-state index in [1.54, 1.807) is 0 Å². The van der Waals surface area contributed by atoms with Gasteiger partial charge in [-0.15, -0.1) is 8.93 Å². The van der Waals surface area contributed by atoms with Crippen molar-refractivity contribution in [3.8, 4) is 0 Å². The highest BCUT2D eigenvalue weighted by molar-refractivity contribution is 8.38. The first-order valence-electron chi connectivity index (χ1n) is 6.38. The lowest BCUT2D eigenvalue weighted by molar-refractivity contribution is 0.372. The zero-order valence-corrected chi connectivity index (χ0v) is 14.4. The minimum Gasteiger partial charge on any atom is -0.344 e. The van der Waals surface area contributed by atoms with Crippen LogP contribution >= 0.6 is 32.7 Å². The highest BCUT2D eigenvalue weighted by atomic mass is 32.4. The summed E-state index contributed by atoms with van der Waals surface area (Å²) in [7, 11) is 1.50. The van der Waals surface area contributed by atoms with E-state index in [4.69, 9.17) is 0 Å². The molecule has 1 rings (SSSR count). The van der Waals surface area contributed by atoms with Gasteiger partial charge in [0.25, 0.3) is 0 Å². The van der Waals surface area contributed by atoms with E-state index in [-0.39, 0.29) is 0 Å². The number of hydrogen-bond acceptors (Lipinski definition) is 2. The van der Waals surface area contributed by atoms with Crippen molar-refractivity contribution in [1.82, 2.24) is 5.09 Å². The minimum atomic E-state index is -2.85. The molecule has 1 aliphatic rings. The van der Waals surface area contributed by atoms with E-state index in [9.17, 15) is 9.46 Å². The van der Waals surface area contributed by atoms with Gasteiger partial charge in [-0.3, -0.25) is 9.65 Å². The molecule has 4 atom stereocenters. The maximum Gasteiger partial charge on any atom is 0.200 e. The number of hydrogen-bond donors (Lipinski definition) is 2. The van der Waals surface area contributed by atoms with Crippen LogP contribution in [0.5, 0.6) is 0 Å². The summed E-state index contributed by atoms with van der Waals surface area (Å²) < 4.78 is 12.0. The van der Waals surface area contributed by atoms with Crippen LogP contribution in [0.25, 0.3) is 0 Å². The van der Waals surface area contributed by atoms with Crippen molar-refractivity contribution in [2.24, 2.45) is 5.92 Å². The van der Waals surface area contributed by atoms with Gasteiger partial charge in [0.15, 0.2) is 0 Å². The fourth-order valence-corrected chi connectivity index (χ4v) is 6.40. The molecule has 0 amide bonds. The molecule has 0 aliphatic heterocycles. The predicted octanol–water partition coefficient (Wildman–Crippen LogP) is 3.79. The average molecular weight is 315 g/mol. The van der Waals surface area contributed by atoms with E-state index >= 15 is 0 Å². The van der Waals surface area contributed by atoms with Gasteiger partial charge < -0.3 is 4.89 Å². The van der Waals surface area contributed by atoms with Crippen molar-refractivity contribution in [3.05, 3.63) is 0 Å². The Bertz CT molecular complexity index is 246. The van der Waals surface area contributed by atoms with Gasteiger partial charge in [-0.25, -0.2) is 0 Å². The molecule has 1 aliphatic carbocycles. The van der Waals surface area contributed by atoms with Gasteiger partial charge in [-0.05, 0) is 40.1 Å². The highest BCUT2D eigenvalue weighted by Gasteiger charge is 2.24. The third-order valence-corrected chi connectivity index (χ3v) is 8.17. The molecular formula is C10H25NO2P4. The molecular weight excluding hydrogens is 290 g/mol. The summed E-state index contributed by atoms with van der Waals surface area (Å²) in [6, 6.07) is 0. The zero-order valence-electron chi connectivity index (χ0n) is 10.3. The third-order valence-electron chi connectivity index (χ3n) is 3.24. The van der Waals surface area contributed by atoms with E-state index in [0.29, 0.717) is 18.2 Å². The molecule has 0 aromatic rings. The monoisotopic (exact) mass is 315 g/mol. The number of nitrogens with one attached hydrogen (secondary N) is 1. The van der Waals surface area contributed by atoms with Crippen molar-refractivity contribution in [2.75, 3.05) is 18.9 Å². The smallest absolute Gasteiger partial charge is 0.200 e. The summed E-state index contributed by atoms with van der Waals surface area (Å²) in [6.07, 6.45) is 8.05. The summed E-state index contributed by atoms with van der Waals surface area (Å²) in [5.41, 5.74) is 0. The second-order valence-corrected chi connectivity index (χ2v) is 12.4. The molecule has 0 spiro atoms. The van der Waals surface area contributed by atoms with Crippen molar-refractivity contribution in [3.63, 3.8) is 0 Å². The molecule has 17 heavy (non-hydrogen) atoms. The van der Waals surface area contributed by atoms with Crippen LogP contribution in [0.1, 0.15) is 38.5 Å². The first-order valence-corrected chi connectivity index (χ1v) is 13.2. The Labute approximate surface area is 111 Å². The van der Waals surface area contributed by atoms with Crippen LogP contribution in [0.4, 0.5) is 0 Å². The van der Waals surface area contributed by atoms with Gasteiger partial charge in [0.05, 0.1) is 0 Å². The standard InChI is InChI=1S/C10H25NO2P4/c12-17(13,8-4-7-11-15-16-14)9-10-5-2-1-3-6-10/h10-11,15-16H,1-9,14H2,(H,12,13). The first kappa shape index (κ1) is 16.5. The molecule has 102 valence electrons. The van der Waals surface area contributed by atoms with E-state index in [1.165, 1.54) is 32.1 Å². The van der Waals surface area contributed by atoms with Crippen LogP contribution in [-0.2, 0) is 4.57 Å². The lowest BCUT2D eigenvalue weighted by Gasteiger charge is -2.24. The molecule has 3 nitrogen and oxygen atoms in total. The van der Waals surface area contributed by atoms with Crippen LogP contribution < -0.4 is 5.09 Å². The Kier molecular flexibility index (Phi) is 9.08. The molecule has 4 unspecified atom stereocenters. The van der Waals surface area contributed by atoms with Gasteiger partial charge in [-0.2, -0.15) is 0 Å². The molecule has 0 saturated heterocycles. The van der Waals surface area contributed by atoms with E-state index in [0.717, 1.165) is 29.3 Å². The van der Waals surface area contributed by atoms with Crippen LogP contribution in [0, 0.1) is 5.92 Å². The SMILES string of the molecule is O=P(O)(CCCNPPP)CC1CCCCC1. The maximum atomic E-state index is 12.0. The molecule has 0 aromatic heterocycles. The minimum absolute atomic E-state index is 0.501. The number of rotatable bonds is 8. The molecule has 0 radical (unpaired) electrons. The summed E-state index contributed by atoms with van der Waals surface area (Å²) in [5.74, 6) is 0.517. The van der Waals surface area contributed by atoms with E-state index < -0.39 is 7.37 Å². The van der Waals surface area contributed by atoms with Crippen molar-refractivity contribution < 1.29 is 9.46 Å². The molecule has 0 aromatic carbocycles. The normalized spacial score (nSPS) is 22.7. The average Bonchev–Trinajstić information content (AvgIpc) is 2.29. The fraction of sp³-hybridized carbons (Fsp3) is 1.00. The molecule has 1 saturated carbocycles. The Morgan fingerprint density at radius 1 is 1.35 bits per heavy atom. The summed E-state index contributed by atoms with van der Waals surface area (Å²) in [4.78, 5) is 9.95. The third kappa shape index (κ3) is 8.26. The van der Waals surface area contributed by atoms with Gasteiger partial charge >= 0.3 is 0 Å². The van der Waals surface area contributed by atoms with E-state index in [2.05, 4.69) is 14.0 Å². The Hall–Kier alpha value is 1.44. The van der Waals surface area contributed by atoms with E-state index in [1.807, 2.05) is 0 Å². The van der Waals surface area contributed by atoms with Gasteiger partial charge in [0.1, 0.15) is 0 Å². The largest absolute Gasteiger partial charge is 0.344 e. The predicted molar refractivity (Wildman–Crippen MR) is 85.1 cm³/mol. The lowest BCUT2D eigenvalue weighted by Crippen LogP contribution is -2.13. The fourth-order valence-electron chi connectivity index (χ4n) is 2.39. The van der Waals surface area contributed by atoms with Crippen LogP contribution in [0.2, 0.25) is 0 Å². The first-order chi connectivity index (χ1) is 8.14. The molecule has 7 heteroatoms. The Balaban J connectivity index is 2.13.